The summed E-state index contributed by atoms with van der Waals surface area (Å²) in [6, 6.07) is 0. The van der Waals surface area contributed by atoms with Gasteiger partial charge in [0.15, 0.2) is 0 Å². The van der Waals surface area contributed by atoms with Crippen LogP contribution in [-0.2, 0) is 9.59 Å². The maximum Gasteiger partial charge on any atom is 0.329 e. The highest BCUT2D eigenvalue weighted by molar-refractivity contribution is 5.87. The third kappa shape index (κ3) is 4.20. The lowest BCUT2D eigenvalue weighted by molar-refractivity contribution is -0.150. The van der Waals surface area contributed by atoms with Crippen LogP contribution in [-0.4, -0.2) is 29.1 Å². The van der Waals surface area contributed by atoms with Gasteiger partial charge in [0.25, 0.3) is 0 Å². The van der Waals surface area contributed by atoms with E-state index in [1.165, 1.54) is 0 Å². The fourth-order valence-electron chi connectivity index (χ4n) is 2.89. The number of amides is 1. The van der Waals surface area contributed by atoms with Crippen LogP contribution in [0.3, 0.4) is 0 Å². The average Bonchev–Trinajstić information content (AvgIpc) is 2.35. The predicted octanol–water partition coefficient (Wildman–Crippen LogP) is 1.51. The Morgan fingerprint density at radius 3 is 2.68 bits per heavy atom. The van der Waals surface area contributed by atoms with Crippen molar-refractivity contribution in [2.45, 2.75) is 57.9 Å². The van der Waals surface area contributed by atoms with Crippen molar-refractivity contribution in [1.82, 2.24) is 5.32 Å². The lowest BCUT2D eigenvalue weighted by Crippen LogP contribution is -2.57. The Bertz CT molecular complexity index is 329. The minimum absolute atomic E-state index is 0.131. The first-order valence-corrected chi connectivity index (χ1v) is 7.18. The number of hydrogen-bond donors (Lipinski definition) is 3. The fraction of sp³-hybridized carbons (Fsp3) is 0.857. The smallest absolute Gasteiger partial charge is 0.329 e. The van der Waals surface area contributed by atoms with Crippen LogP contribution in [0.15, 0.2) is 0 Å². The molecular formula is C14H26N2O3. The minimum Gasteiger partial charge on any atom is -0.480 e. The Hall–Kier alpha value is -1.10. The van der Waals surface area contributed by atoms with Gasteiger partial charge in [-0.1, -0.05) is 33.1 Å². The van der Waals surface area contributed by atoms with E-state index in [9.17, 15) is 14.7 Å². The largest absolute Gasteiger partial charge is 0.480 e. The lowest BCUT2D eigenvalue weighted by Gasteiger charge is -2.37. The number of nitrogens with one attached hydrogen (secondary N) is 1. The molecule has 5 nitrogen and oxygen atoms in total. The van der Waals surface area contributed by atoms with Gasteiger partial charge in [0.1, 0.15) is 5.54 Å². The van der Waals surface area contributed by atoms with Crippen LogP contribution in [0, 0.1) is 11.8 Å². The Balaban J connectivity index is 2.68. The van der Waals surface area contributed by atoms with E-state index in [4.69, 9.17) is 5.73 Å². The molecule has 3 atom stereocenters. The van der Waals surface area contributed by atoms with E-state index in [2.05, 4.69) is 5.32 Å². The standard InChI is InChI=1S/C14H26N2O3/c1-3-11(9-15)7-12(17)16-14(13(18)19)6-4-5-10(2)8-14/h10-11H,3-9,15H2,1-2H3,(H,16,17)(H,18,19). The molecular weight excluding hydrogens is 244 g/mol. The second kappa shape index (κ2) is 6.89. The highest BCUT2D eigenvalue weighted by atomic mass is 16.4. The van der Waals surface area contributed by atoms with E-state index in [-0.39, 0.29) is 11.8 Å². The summed E-state index contributed by atoms with van der Waals surface area (Å²) in [4.78, 5) is 23.6. The van der Waals surface area contributed by atoms with Crippen molar-refractivity contribution >= 4 is 11.9 Å². The molecule has 0 aromatic heterocycles. The first-order valence-electron chi connectivity index (χ1n) is 7.18. The topological polar surface area (TPSA) is 92.4 Å². The van der Waals surface area contributed by atoms with Gasteiger partial charge in [-0.2, -0.15) is 0 Å². The van der Waals surface area contributed by atoms with Crippen molar-refractivity contribution in [2.75, 3.05) is 6.54 Å². The number of carbonyl (C=O) groups excluding carboxylic acids is 1. The van der Waals surface area contributed by atoms with E-state index in [0.29, 0.717) is 31.7 Å². The highest BCUT2D eigenvalue weighted by Gasteiger charge is 2.43. The summed E-state index contributed by atoms with van der Waals surface area (Å²) < 4.78 is 0. The molecule has 1 rings (SSSR count). The van der Waals surface area contributed by atoms with Gasteiger partial charge in [-0.3, -0.25) is 4.79 Å². The van der Waals surface area contributed by atoms with E-state index in [1.54, 1.807) is 0 Å². The molecule has 1 aliphatic rings. The molecule has 1 amide bonds. The summed E-state index contributed by atoms with van der Waals surface area (Å²) in [7, 11) is 0. The van der Waals surface area contributed by atoms with Crippen LogP contribution in [0.25, 0.3) is 0 Å². The lowest BCUT2D eigenvalue weighted by atomic mass is 9.76. The predicted molar refractivity (Wildman–Crippen MR) is 73.6 cm³/mol. The summed E-state index contributed by atoms with van der Waals surface area (Å²) in [6.45, 7) is 4.48. The second-order valence-electron chi connectivity index (χ2n) is 5.85. The van der Waals surface area contributed by atoms with Gasteiger partial charge in [0.2, 0.25) is 5.91 Å². The summed E-state index contributed by atoms with van der Waals surface area (Å²) in [5.41, 5.74) is 4.52. The van der Waals surface area contributed by atoms with Gasteiger partial charge in [-0.05, 0) is 31.2 Å². The normalized spacial score (nSPS) is 28.7. The van der Waals surface area contributed by atoms with E-state index < -0.39 is 11.5 Å². The molecule has 4 N–H and O–H groups in total. The van der Waals surface area contributed by atoms with Gasteiger partial charge in [0.05, 0.1) is 0 Å². The molecule has 0 bridgehead atoms. The third-order valence-electron chi connectivity index (χ3n) is 4.17. The minimum atomic E-state index is -1.07. The van der Waals surface area contributed by atoms with Gasteiger partial charge >= 0.3 is 5.97 Å². The Morgan fingerprint density at radius 2 is 2.21 bits per heavy atom. The van der Waals surface area contributed by atoms with Crippen molar-refractivity contribution in [2.24, 2.45) is 17.6 Å². The van der Waals surface area contributed by atoms with Crippen molar-refractivity contribution in [1.29, 1.82) is 0 Å². The Labute approximate surface area is 114 Å². The zero-order valence-electron chi connectivity index (χ0n) is 11.9. The molecule has 0 aliphatic heterocycles. The summed E-state index contributed by atoms with van der Waals surface area (Å²) >= 11 is 0. The van der Waals surface area contributed by atoms with Crippen LogP contribution in [0.1, 0.15) is 52.4 Å². The number of carboxylic acid groups (broad SMARTS) is 1. The monoisotopic (exact) mass is 270 g/mol. The average molecular weight is 270 g/mol. The third-order valence-corrected chi connectivity index (χ3v) is 4.17. The zero-order chi connectivity index (χ0) is 14.5. The van der Waals surface area contributed by atoms with Crippen LogP contribution in [0.2, 0.25) is 0 Å². The quantitative estimate of drug-likeness (QED) is 0.682. The fourth-order valence-corrected chi connectivity index (χ4v) is 2.89. The second-order valence-corrected chi connectivity index (χ2v) is 5.85. The SMILES string of the molecule is CCC(CN)CC(=O)NC1(C(=O)O)CCCC(C)C1. The molecule has 0 aromatic carbocycles. The maximum absolute atomic E-state index is 12.0. The number of nitrogens with two attached hydrogens (primary N) is 1. The van der Waals surface area contributed by atoms with Gasteiger partial charge < -0.3 is 16.2 Å². The molecule has 1 fully saturated rings. The molecule has 0 heterocycles. The van der Waals surface area contributed by atoms with Gasteiger partial charge in [-0.25, -0.2) is 4.79 Å². The van der Waals surface area contributed by atoms with Crippen molar-refractivity contribution < 1.29 is 14.7 Å². The highest BCUT2D eigenvalue weighted by Crippen LogP contribution is 2.32. The molecule has 0 radical (unpaired) electrons. The van der Waals surface area contributed by atoms with Crippen LogP contribution in [0.5, 0.6) is 0 Å². The van der Waals surface area contributed by atoms with E-state index >= 15 is 0 Å². The summed E-state index contributed by atoms with van der Waals surface area (Å²) in [5.74, 6) is -0.629. The van der Waals surface area contributed by atoms with Gasteiger partial charge in [0, 0.05) is 6.42 Å². The molecule has 3 unspecified atom stereocenters. The number of rotatable bonds is 6. The van der Waals surface area contributed by atoms with E-state index in [1.807, 2.05) is 13.8 Å². The molecule has 0 aromatic rings. The molecule has 0 spiro atoms. The number of carbonyl (C=O) groups is 2. The first-order chi connectivity index (χ1) is 8.93. The van der Waals surface area contributed by atoms with Crippen molar-refractivity contribution in [3.8, 4) is 0 Å². The molecule has 0 saturated heterocycles. The van der Waals surface area contributed by atoms with Crippen LogP contribution < -0.4 is 11.1 Å². The van der Waals surface area contributed by atoms with Crippen molar-refractivity contribution in [3.63, 3.8) is 0 Å². The van der Waals surface area contributed by atoms with Crippen LogP contribution in [0.4, 0.5) is 0 Å². The summed E-state index contributed by atoms with van der Waals surface area (Å²) in [5, 5.41) is 12.2. The number of carboxylic acids is 1. The molecule has 110 valence electrons. The molecule has 1 saturated carbocycles. The maximum atomic E-state index is 12.0. The zero-order valence-corrected chi connectivity index (χ0v) is 11.9. The first kappa shape index (κ1) is 16.0. The Kier molecular flexibility index (Phi) is 5.79. The van der Waals surface area contributed by atoms with Gasteiger partial charge in [-0.15, -0.1) is 0 Å². The van der Waals surface area contributed by atoms with Crippen molar-refractivity contribution in [3.05, 3.63) is 0 Å². The van der Waals surface area contributed by atoms with Crippen LogP contribution >= 0.6 is 0 Å². The molecule has 5 heteroatoms. The summed E-state index contributed by atoms with van der Waals surface area (Å²) in [6.07, 6.45) is 4.08. The Morgan fingerprint density at radius 1 is 1.53 bits per heavy atom. The molecule has 19 heavy (non-hydrogen) atoms. The number of aliphatic carboxylic acids is 1. The van der Waals surface area contributed by atoms with E-state index in [0.717, 1.165) is 19.3 Å². The molecule has 1 aliphatic carbocycles. The number of hydrogen-bond acceptors (Lipinski definition) is 3.